The number of nitrogens with one attached hydrogen (secondary N) is 2. The normalized spacial score (nSPS) is 10.1. The number of rotatable bonds is 6. The number of anilines is 1. The number of aryl methyl sites for hydroxylation is 2. The second-order valence-corrected chi connectivity index (χ2v) is 5.06. The molecule has 0 aliphatic carbocycles. The molecule has 0 saturated heterocycles. The third-order valence-corrected chi connectivity index (χ3v) is 3.31. The van der Waals surface area contributed by atoms with E-state index < -0.39 is 0 Å². The molecule has 2 aromatic rings. The minimum Gasteiger partial charge on any atom is -0.491 e. The Kier molecular flexibility index (Phi) is 5.83. The molecule has 0 spiro atoms. The van der Waals surface area contributed by atoms with Crippen LogP contribution in [0, 0.1) is 6.92 Å². The van der Waals surface area contributed by atoms with Crippen LogP contribution in [-0.4, -0.2) is 19.2 Å². The molecule has 0 aliphatic heterocycles. The first kappa shape index (κ1) is 15.9. The Morgan fingerprint density at radius 2 is 1.82 bits per heavy atom. The second kappa shape index (κ2) is 8.08. The lowest BCUT2D eigenvalue weighted by molar-refractivity contribution is 0.247. The van der Waals surface area contributed by atoms with Crippen molar-refractivity contribution in [1.29, 1.82) is 0 Å². The van der Waals surface area contributed by atoms with Crippen LogP contribution in [0.15, 0.2) is 48.5 Å². The highest BCUT2D eigenvalue weighted by atomic mass is 16.5. The van der Waals surface area contributed by atoms with E-state index in [4.69, 9.17) is 4.74 Å². The Bertz CT molecular complexity index is 609. The Balaban J connectivity index is 1.72. The predicted octanol–water partition coefficient (Wildman–Crippen LogP) is 3.76. The summed E-state index contributed by atoms with van der Waals surface area (Å²) in [6.07, 6.45) is 0.928. The molecule has 0 fully saturated rings. The lowest BCUT2D eigenvalue weighted by Gasteiger charge is -2.11. The summed E-state index contributed by atoms with van der Waals surface area (Å²) in [7, 11) is 0. The van der Waals surface area contributed by atoms with Gasteiger partial charge >= 0.3 is 6.03 Å². The molecular formula is C18H22N2O2. The van der Waals surface area contributed by atoms with Crippen molar-refractivity contribution in [1.82, 2.24) is 5.32 Å². The molecule has 2 amide bonds. The zero-order chi connectivity index (χ0) is 15.8. The summed E-state index contributed by atoms with van der Waals surface area (Å²) >= 11 is 0. The lowest BCUT2D eigenvalue weighted by atomic mass is 10.1. The number of amides is 2. The van der Waals surface area contributed by atoms with Crippen molar-refractivity contribution in [3.63, 3.8) is 0 Å². The molecule has 0 bridgehead atoms. The zero-order valence-corrected chi connectivity index (χ0v) is 13.1. The number of benzene rings is 2. The summed E-state index contributed by atoms with van der Waals surface area (Å²) in [5, 5.41) is 5.56. The fourth-order valence-electron chi connectivity index (χ4n) is 2.07. The Labute approximate surface area is 131 Å². The number of urea groups is 1. The largest absolute Gasteiger partial charge is 0.491 e. The van der Waals surface area contributed by atoms with Gasteiger partial charge in [0.05, 0.1) is 6.54 Å². The molecule has 2 N–H and O–H groups in total. The molecule has 116 valence electrons. The van der Waals surface area contributed by atoms with Crippen LogP contribution in [0.1, 0.15) is 18.1 Å². The maximum absolute atomic E-state index is 11.8. The van der Waals surface area contributed by atoms with Gasteiger partial charge in [-0.2, -0.15) is 0 Å². The number of carbonyl (C=O) groups excluding carboxylic acids is 1. The fourth-order valence-corrected chi connectivity index (χ4v) is 2.07. The van der Waals surface area contributed by atoms with Crippen LogP contribution in [0.5, 0.6) is 5.75 Å². The molecule has 0 saturated carbocycles. The van der Waals surface area contributed by atoms with Gasteiger partial charge in [-0.25, -0.2) is 4.79 Å². The third-order valence-electron chi connectivity index (χ3n) is 3.31. The molecule has 0 unspecified atom stereocenters. The van der Waals surface area contributed by atoms with Crippen LogP contribution < -0.4 is 15.4 Å². The summed E-state index contributed by atoms with van der Waals surface area (Å²) in [4.78, 5) is 11.8. The van der Waals surface area contributed by atoms with Gasteiger partial charge in [-0.05, 0) is 37.1 Å². The van der Waals surface area contributed by atoms with E-state index in [0.29, 0.717) is 13.2 Å². The maximum atomic E-state index is 11.8. The van der Waals surface area contributed by atoms with Crippen molar-refractivity contribution in [2.45, 2.75) is 20.3 Å². The van der Waals surface area contributed by atoms with Gasteiger partial charge < -0.3 is 15.4 Å². The number of hydrogen-bond acceptors (Lipinski definition) is 2. The van der Waals surface area contributed by atoms with Crippen molar-refractivity contribution in [3.05, 3.63) is 59.7 Å². The quantitative estimate of drug-likeness (QED) is 0.798. The molecular weight excluding hydrogens is 276 g/mol. The SMILES string of the molecule is CCc1ccccc1OCCNC(=O)Nc1ccc(C)cc1. The van der Waals surface area contributed by atoms with E-state index in [1.54, 1.807) is 0 Å². The van der Waals surface area contributed by atoms with Gasteiger partial charge in [-0.1, -0.05) is 42.8 Å². The van der Waals surface area contributed by atoms with Crippen LogP contribution in [0.3, 0.4) is 0 Å². The zero-order valence-electron chi connectivity index (χ0n) is 13.1. The molecule has 0 aromatic heterocycles. The summed E-state index contributed by atoms with van der Waals surface area (Å²) in [6, 6.07) is 15.4. The van der Waals surface area contributed by atoms with Gasteiger partial charge in [0.1, 0.15) is 12.4 Å². The highest BCUT2D eigenvalue weighted by Crippen LogP contribution is 2.17. The van der Waals surface area contributed by atoms with E-state index in [1.807, 2.05) is 55.5 Å². The average molecular weight is 298 g/mol. The predicted molar refractivity (Wildman–Crippen MR) is 89.5 cm³/mol. The number of ether oxygens (including phenoxy) is 1. The van der Waals surface area contributed by atoms with Crippen molar-refractivity contribution >= 4 is 11.7 Å². The van der Waals surface area contributed by atoms with Gasteiger partial charge in [-0.3, -0.25) is 0 Å². The minimum absolute atomic E-state index is 0.226. The van der Waals surface area contributed by atoms with Crippen molar-refractivity contribution < 1.29 is 9.53 Å². The Morgan fingerprint density at radius 1 is 1.09 bits per heavy atom. The van der Waals surface area contributed by atoms with Gasteiger partial charge in [0.2, 0.25) is 0 Å². The Hall–Kier alpha value is -2.49. The first-order chi connectivity index (χ1) is 10.7. The van der Waals surface area contributed by atoms with E-state index in [9.17, 15) is 4.79 Å². The molecule has 0 aliphatic rings. The van der Waals surface area contributed by atoms with E-state index in [2.05, 4.69) is 17.6 Å². The van der Waals surface area contributed by atoms with E-state index >= 15 is 0 Å². The van der Waals surface area contributed by atoms with Crippen molar-refractivity contribution in [2.75, 3.05) is 18.5 Å². The molecule has 0 atom stereocenters. The van der Waals surface area contributed by atoms with Crippen molar-refractivity contribution in [2.24, 2.45) is 0 Å². The molecule has 0 radical (unpaired) electrons. The number of carbonyl (C=O) groups is 1. The highest BCUT2D eigenvalue weighted by Gasteiger charge is 2.03. The first-order valence-corrected chi connectivity index (χ1v) is 7.51. The highest BCUT2D eigenvalue weighted by molar-refractivity contribution is 5.89. The molecule has 4 heteroatoms. The molecule has 0 heterocycles. The lowest BCUT2D eigenvalue weighted by Crippen LogP contribution is -2.32. The fraction of sp³-hybridized carbons (Fsp3) is 0.278. The summed E-state index contributed by atoms with van der Waals surface area (Å²) < 4.78 is 5.70. The van der Waals surface area contributed by atoms with Gasteiger partial charge in [0.25, 0.3) is 0 Å². The smallest absolute Gasteiger partial charge is 0.319 e. The Morgan fingerprint density at radius 3 is 2.55 bits per heavy atom. The topological polar surface area (TPSA) is 50.4 Å². The summed E-state index contributed by atoms with van der Waals surface area (Å²) in [5.41, 5.74) is 3.11. The third kappa shape index (κ3) is 4.81. The van der Waals surface area contributed by atoms with Crippen LogP contribution >= 0.6 is 0 Å². The van der Waals surface area contributed by atoms with E-state index in [0.717, 1.165) is 23.4 Å². The molecule has 4 nitrogen and oxygen atoms in total. The monoisotopic (exact) mass is 298 g/mol. The first-order valence-electron chi connectivity index (χ1n) is 7.51. The number of hydrogen-bond donors (Lipinski definition) is 2. The van der Waals surface area contributed by atoms with Crippen LogP contribution in [0.4, 0.5) is 10.5 Å². The summed E-state index contributed by atoms with van der Waals surface area (Å²) in [6.45, 7) is 5.00. The van der Waals surface area contributed by atoms with Crippen LogP contribution in [-0.2, 0) is 6.42 Å². The average Bonchev–Trinajstić information content (AvgIpc) is 2.54. The molecule has 22 heavy (non-hydrogen) atoms. The number of para-hydroxylation sites is 1. The second-order valence-electron chi connectivity index (χ2n) is 5.06. The standard InChI is InChI=1S/C18H22N2O2/c1-3-15-6-4-5-7-17(15)22-13-12-19-18(21)20-16-10-8-14(2)9-11-16/h4-11H,3,12-13H2,1-2H3,(H2,19,20,21). The molecule has 2 rings (SSSR count). The van der Waals surface area contributed by atoms with Crippen LogP contribution in [0.2, 0.25) is 0 Å². The van der Waals surface area contributed by atoms with Gasteiger partial charge in [0.15, 0.2) is 0 Å². The molecule has 2 aromatic carbocycles. The van der Waals surface area contributed by atoms with E-state index in [-0.39, 0.29) is 6.03 Å². The summed E-state index contributed by atoms with van der Waals surface area (Å²) in [5.74, 6) is 0.880. The minimum atomic E-state index is -0.226. The van der Waals surface area contributed by atoms with Gasteiger partial charge in [-0.15, -0.1) is 0 Å². The van der Waals surface area contributed by atoms with Crippen LogP contribution in [0.25, 0.3) is 0 Å². The van der Waals surface area contributed by atoms with Gasteiger partial charge in [0, 0.05) is 5.69 Å². The van der Waals surface area contributed by atoms with E-state index in [1.165, 1.54) is 5.56 Å². The maximum Gasteiger partial charge on any atom is 0.319 e. The van der Waals surface area contributed by atoms with Crippen molar-refractivity contribution in [3.8, 4) is 5.75 Å².